The minimum atomic E-state index is 0.622. The zero-order valence-corrected chi connectivity index (χ0v) is 11.9. The second kappa shape index (κ2) is 5.71. The number of rotatable bonds is 3. The van der Waals surface area contributed by atoms with Gasteiger partial charge < -0.3 is 4.74 Å². The molecule has 0 saturated carbocycles. The monoisotopic (exact) mass is 277 g/mol. The Hall–Kier alpha value is -2.75. The SMILES string of the molecule is COc1ncccc1-c1ccc(-c2ncc(C)cn2)cc1. The summed E-state index contributed by atoms with van der Waals surface area (Å²) in [6, 6.07) is 12.0. The maximum atomic E-state index is 5.29. The molecule has 0 unspecified atom stereocenters. The number of methoxy groups -OCH3 is 1. The minimum Gasteiger partial charge on any atom is -0.481 e. The second-order valence-corrected chi connectivity index (χ2v) is 4.72. The van der Waals surface area contributed by atoms with E-state index in [0.717, 1.165) is 28.1 Å². The maximum absolute atomic E-state index is 5.29. The van der Waals surface area contributed by atoms with E-state index in [0.29, 0.717) is 5.88 Å². The Morgan fingerprint density at radius 1 is 0.857 bits per heavy atom. The molecule has 0 atom stereocenters. The summed E-state index contributed by atoms with van der Waals surface area (Å²) in [5, 5.41) is 0. The molecule has 0 aliphatic carbocycles. The van der Waals surface area contributed by atoms with E-state index in [9.17, 15) is 0 Å². The summed E-state index contributed by atoms with van der Waals surface area (Å²) in [6.45, 7) is 1.97. The number of hydrogen-bond acceptors (Lipinski definition) is 4. The third kappa shape index (κ3) is 2.74. The molecular weight excluding hydrogens is 262 g/mol. The summed E-state index contributed by atoms with van der Waals surface area (Å²) in [5.74, 6) is 1.35. The van der Waals surface area contributed by atoms with Gasteiger partial charge in [0.2, 0.25) is 5.88 Å². The first-order chi connectivity index (χ1) is 10.3. The predicted octanol–water partition coefficient (Wildman–Crippen LogP) is 3.52. The first-order valence-electron chi connectivity index (χ1n) is 6.66. The van der Waals surface area contributed by atoms with Crippen molar-refractivity contribution in [1.82, 2.24) is 15.0 Å². The van der Waals surface area contributed by atoms with Crippen molar-refractivity contribution in [3.05, 3.63) is 60.6 Å². The van der Waals surface area contributed by atoms with Crippen molar-refractivity contribution in [3.63, 3.8) is 0 Å². The van der Waals surface area contributed by atoms with Crippen LogP contribution in [0.25, 0.3) is 22.5 Å². The quantitative estimate of drug-likeness (QED) is 0.735. The van der Waals surface area contributed by atoms with Crippen LogP contribution in [0.4, 0.5) is 0 Å². The van der Waals surface area contributed by atoms with Gasteiger partial charge in [0, 0.05) is 29.7 Å². The Bertz CT molecular complexity index is 737. The molecule has 0 radical (unpaired) electrons. The van der Waals surface area contributed by atoms with E-state index >= 15 is 0 Å². The fourth-order valence-electron chi connectivity index (χ4n) is 2.11. The first kappa shape index (κ1) is 13.2. The molecule has 3 rings (SSSR count). The molecule has 0 fully saturated rings. The van der Waals surface area contributed by atoms with Gasteiger partial charge >= 0.3 is 0 Å². The van der Waals surface area contributed by atoms with Crippen LogP contribution in [-0.4, -0.2) is 22.1 Å². The Labute approximate surface area is 123 Å². The molecule has 0 amide bonds. The number of nitrogens with zero attached hydrogens (tertiary/aromatic N) is 3. The van der Waals surface area contributed by atoms with Crippen LogP contribution >= 0.6 is 0 Å². The highest BCUT2D eigenvalue weighted by Crippen LogP contribution is 2.28. The third-order valence-electron chi connectivity index (χ3n) is 3.20. The molecule has 0 aliphatic rings. The molecule has 0 aliphatic heterocycles. The van der Waals surface area contributed by atoms with Crippen LogP contribution in [0.3, 0.4) is 0 Å². The van der Waals surface area contributed by atoms with Gasteiger partial charge in [0.25, 0.3) is 0 Å². The zero-order valence-electron chi connectivity index (χ0n) is 11.9. The van der Waals surface area contributed by atoms with Crippen LogP contribution in [-0.2, 0) is 0 Å². The smallest absolute Gasteiger partial charge is 0.221 e. The summed E-state index contributed by atoms with van der Waals surface area (Å²) in [5.41, 5.74) is 4.06. The van der Waals surface area contributed by atoms with E-state index in [1.807, 2.05) is 55.7 Å². The van der Waals surface area contributed by atoms with E-state index in [2.05, 4.69) is 15.0 Å². The summed E-state index contributed by atoms with van der Waals surface area (Å²) in [7, 11) is 1.63. The van der Waals surface area contributed by atoms with Gasteiger partial charge in [-0.3, -0.25) is 0 Å². The fourth-order valence-corrected chi connectivity index (χ4v) is 2.11. The predicted molar refractivity (Wildman–Crippen MR) is 82.0 cm³/mol. The van der Waals surface area contributed by atoms with Crippen LogP contribution in [0.15, 0.2) is 55.0 Å². The summed E-state index contributed by atoms with van der Waals surface area (Å²) < 4.78 is 5.29. The van der Waals surface area contributed by atoms with Gasteiger partial charge in [0.05, 0.1) is 7.11 Å². The van der Waals surface area contributed by atoms with E-state index in [1.54, 1.807) is 13.3 Å². The number of ether oxygens (including phenoxy) is 1. The van der Waals surface area contributed by atoms with Crippen molar-refractivity contribution in [2.75, 3.05) is 7.11 Å². The van der Waals surface area contributed by atoms with Crippen LogP contribution < -0.4 is 4.74 Å². The van der Waals surface area contributed by atoms with Gasteiger partial charge in [0.1, 0.15) is 0 Å². The van der Waals surface area contributed by atoms with Crippen molar-refractivity contribution in [2.24, 2.45) is 0 Å². The number of hydrogen-bond donors (Lipinski definition) is 0. The molecule has 4 nitrogen and oxygen atoms in total. The lowest BCUT2D eigenvalue weighted by Crippen LogP contribution is -1.92. The van der Waals surface area contributed by atoms with Crippen LogP contribution in [0.2, 0.25) is 0 Å². The van der Waals surface area contributed by atoms with E-state index in [4.69, 9.17) is 4.74 Å². The highest BCUT2D eigenvalue weighted by Gasteiger charge is 2.07. The highest BCUT2D eigenvalue weighted by atomic mass is 16.5. The largest absolute Gasteiger partial charge is 0.481 e. The average molecular weight is 277 g/mol. The number of pyridine rings is 1. The molecule has 21 heavy (non-hydrogen) atoms. The van der Waals surface area contributed by atoms with E-state index in [-0.39, 0.29) is 0 Å². The van der Waals surface area contributed by atoms with Crippen molar-refractivity contribution in [1.29, 1.82) is 0 Å². The lowest BCUT2D eigenvalue weighted by Gasteiger charge is -2.07. The highest BCUT2D eigenvalue weighted by molar-refractivity contribution is 5.71. The maximum Gasteiger partial charge on any atom is 0.221 e. The van der Waals surface area contributed by atoms with Crippen LogP contribution in [0.5, 0.6) is 5.88 Å². The van der Waals surface area contributed by atoms with Gasteiger partial charge in [-0.2, -0.15) is 0 Å². The number of aryl methyl sites for hydroxylation is 1. The molecular formula is C17H15N3O. The van der Waals surface area contributed by atoms with Crippen molar-refractivity contribution in [2.45, 2.75) is 6.92 Å². The fraction of sp³-hybridized carbons (Fsp3) is 0.118. The van der Waals surface area contributed by atoms with E-state index in [1.165, 1.54) is 0 Å². The summed E-state index contributed by atoms with van der Waals surface area (Å²) in [4.78, 5) is 12.9. The van der Waals surface area contributed by atoms with Gasteiger partial charge in [-0.25, -0.2) is 15.0 Å². The molecule has 0 N–H and O–H groups in total. The lowest BCUT2D eigenvalue weighted by molar-refractivity contribution is 0.399. The second-order valence-electron chi connectivity index (χ2n) is 4.72. The first-order valence-corrected chi connectivity index (χ1v) is 6.66. The van der Waals surface area contributed by atoms with Gasteiger partial charge in [-0.1, -0.05) is 24.3 Å². The zero-order chi connectivity index (χ0) is 14.7. The van der Waals surface area contributed by atoms with Gasteiger partial charge in [0.15, 0.2) is 5.82 Å². The van der Waals surface area contributed by atoms with Crippen molar-refractivity contribution in [3.8, 4) is 28.4 Å². The standard InChI is InChI=1S/C17H15N3O/c1-12-10-19-16(20-11-12)14-7-5-13(6-8-14)15-4-3-9-18-17(15)21-2/h3-11H,1-2H3. The molecule has 1 aromatic carbocycles. The summed E-state index contributed by atoms with van der Waals surface area (Å²) >= 11 is 0. The molecule has 3 aromatic rings. The molecule has 2 heterocycles. The Balaban J connectivity index is 1.95. The summed E-state index contributed by atoms with van der Waals surface area (Å²) in [6.07, 6.45) is 5.36. The number of aromatic nitrogens is 3. The molecule has 4 heteroatoms. The van der Waals surface area contributed by atoms with Gasteiger partial charge in [-0.05, 0) is 30.2 Å². The molecule has 104 valence electrons. The minimum absolute atomic E-state index is 0.622. The topological polar surface area (TPSA) is 47.9 Å². The molecule has 0 saturated heterocycles. The molecule has 0 bridgehead atoms. The van der Waals surface area contributed by atoms with Crippen molar-refractivity contribution < 1.29 is 4.74 Å². The van der Waals surface area contributed by atoms with Crippen molar-refractivity contribution >= 4 is 0 Å². The Morgan fingerprint density at radius 3 is 2.19 bits per heavy atom. The average Bonchev–Trinajstić information content (AvgIpc) is 2.56. The Kier molecular flexibility index (Phi) is 3.60. The van der Waals surface area contributed by atoms with Gasteiger partial charge in [-0.15, -0.1) is 0 Å². The Morgan fingerprint density at radius 2 is 1.52 bits per heavy atom. The molecule has 0 spiro atoms. The van der Waals surface area contributed by atoms with Crippen LogP contribution in [0.1, 0.15) is 5.56 Å². The third-order valence-corrected chi connectivity index (χ3v) is 3.20. The van der Waals surface area contributed by atoms with Crippen LogP contribution in [0, 0.1) is 6.92 Å². The number of benzene rings is 1. The van der Waals surface area contributed by atoms with E-state index < -0.39 is 0 Å². The molecule has 2 aromatic heterocycles. The normalized spacial score (nSPS) is 10.4. The lowest BCUT2D eigenvalue weighted by atomic mass is 10.0.